The molecule has 0 N–H and O–H groups in total. The molecular formula is C20H27F. The van der Waals surface area contributed by atoms with E-state index in [4.69, 9.17) is 0 Å². The van der Waals surface area contributed by atoms with Crippen molar-refractivity contribution in [2.75, 3.05) is 0 Å². The Kier molecular flexibility index (Phi) is 4.47. The van der Waals surface area contributed by atoms with Crippen LogP contribution in [0.15, 0.2) is 23.8 Å². The first kappa shape index (κ1) is 14.8. The lowest BCUT2D eigenvalue weighted by atomic mass is 9.71. The Morgan fingerprint density at radius 1 is 0.952 bits per heavy atom. The molecule has 1 atom stereocenters. The van der Waals surface area contributed by atoms with Crippen LogP contribution in [0.4, 0.5) is 4.39 Å². The van der Waals surface area contributed by atoms with E-state index in [1.807, 2.05) is 19.1 Å². The van der Waals surface area contributed by atoms with Gasteiger partial charge in [-0.3, -0.25) is 0 Å². The van der Waals surface area contributed by atoms with Crippen molar-refractivity contribution in [3.8, 4) is 0 Å². The van der Waals surface area contributed by atoms with Crippen LogP contribution in [0.2, 0.25) is 0 Å². The summed E-state index contributed by atoms with van der Waals surface area (Å²) in [6, 6.07) is 5.68. The topological polar surface area (TPSA) is 0 Å². The number of halogens is 1. The molecule has 0 spiro atoms. The molecule has 0 amide bonds. The predicted molar refractivity (Wildman–Crippen MR) is 87.6 cm³/mol. The third kappa shape index (κ3) is 3.22. The molecule has 0 radical (unpaired) electrons. The molecule has 2 aliphatic rings. The molecular weight excluding hydrogens is 259 g/mol. The highest BCUT2D eigenvalue weighted by molar-refractivity contribution is 5.69. The van der Waals surface area contributed by atoms with Gasteiger partial charge in [0.25, 0.3) is 0 Å². The van der Waals surface area contributed by atoms with Crippen LogP contribution in [0.5, 0.6) is 0 Å². The Balaban J connectivity index is 1.78. The summed E-state index contributed by atoms with van der Waals surface area (Å²) in [7, 11) is 0. The second kappa shape index (κ2) is 6.34. The molecule has 0 bridgehead atoms. The highest BCUT2D eigenvalue weighted by atomic mass is 19.1. The summed E-state index contributed by atoms with van der Waals surface area (Å²) >= 11 is 0. The maximum absolute atomic E-state index is 14.2. The van der Waals surface area contributed by atoms with Crippen LogP contribution < -0.4 is 0 Å². The zero-order valence-electron chi connectivity index (χ0n) is 13.4. The molecule has 0 aliphatic heterocycles. The van der Waals surface area contributed by atoms with E-state index in [9.17, 15) is 4.39 Å². The lowest BCUT2D eigenvalue weighted by Gasteiger charge is -2.34. The fraction of sp³-hybridized carbons (Fsp3) is 0.600. The minimum absolute atomic E-state index is 0.0412. The van der Waals surface area contributed by atoms with E-state index >= 15 is 0 Å². The van der Waals surface area contributed by atoms with Gasteiger partial charge in [0.15, 0.2) is 0 Å². The van der Waals surface area contributed by atoms with Crippen LogP contribution in [-0.2, 0) is 0 Å². The third-order valence-electron chi connectivity index (χ3n) is 5.61. The van der Waals surface area contributed by atoms with Crippen molar-refractivity contribution < 1.29 is 4.39 Å². The van der Waals surface area contributed by atoms with E-state index in [0.717, 1.165) is 29.4 Å². The van der Waals surface area contributed by atoms with Gasteiger partial charge in [-0.25, -0.2) is 4.39 Å². The van der Waals surface area contributed by atoms with Crippen LogP contribution in [0, 0.1) is 24.6 Å². The molecule has 21 heavy (non-hydrogen) atoms. The van der Waals surface area contributed by atoms with Crippen LogP contribution in [0.1, 0.15) is 69.4 Å². The Morgan fingerprint density at radius 2 is 1.71 bits per heavy atom. The van der Waals surface area contributed by atoms with Crippen LogP contribution in [0.25, 0.3) is 5.57 Å². The van der Waals surface area contributed by atoms with Crippen molar-refractivity contribution in [1.29, 1.82) is 0 Å². The van der Waals surface area contributed by atoms with Gasteiger partial charge in [0, 0.05) is 5.56 Å². The summed E-state index contributed by atoms with van der Waals surface area (Å²) in [5, 5.41) is 0. The van der Waals surface area contributed by atoms with Crippen molar-refractivity contribution in [2.45, 2.75) is 65.2 Å². The lowest BCUT2D eigenvalue weighted by Crippen LogP contribution is -2.21. The van der Waals surface area contributed by atoms with Crippen molar-refractivity contribution in [1.82, 2.24) is 0 Å². The lowest BCUT2D eigenvalue weighted by molar-refractivity contribution is 0.231. The molecule has 0 saturated heterocycles. The molecule has 3 rings (SSSR count). The maximum atomic E-state index is 14.2. The van der Waals surface area contributed by atoms with E-state index in [1.54, 1.807) is 6.07 Å². The first-order chi connectivity index (χ1) is 10.1. The molecule has 0 nitrogen and oxygen atoms in total. The third-order valence-corrected chi connectivity index (χ3v) is 5.61. The van der Waals surface area contributed by atoms with E-state index in [0.29, 0.717) is 0 Å². The second-order valence-electron chi connectivity index (χ2n) is 7.14. The number of aryl methyl sites for hydroxylation is 1. The number of rotatable bonds is 2. The van der Waals surface area contributed by atoms with Gasteiger partial charge in [-0.1, -0.05) is 49.8 Å². The first-order valence-electron chi connectivity index (χ1n) is 8.60. The van der Waals surface area contributed by atoms with Gasteiger partial charge < -0.3 is 0 Å². The molecule has 2 aliphatic carbocycles. The molecule has 1 aromatic carbocycles. The Labute approximate surface area is 128 Å². The molecule has 114 valence electrons. The summed E-state index contributed by atoms with van der Waals surface area (Å²) in [4.78, 5) is 0. The van der Waals surface area contributed by atoms with Gasteiger partial charge in [-0.15, -0.1) is 0 Å². The summed E-state index contributed by atoms with van der Waals surface area (Å²) in [6.45, 7) is 4.18. The second-order valence-corrected chi connectivity index (χ2v) is 7.14. The molecule has 1 saturated carbocycles. The average molecular weight is 286 g/mol. The smallest absolute Gasteiger partial charge is 0.130 e. The maximum Gasteiger partial charge on any atom is 0.130 e. The van der Waals surface area contributed by atoms with E-state index in [1.165, 1.54) is 56.1 Å². The van der Waals surface area contributed by atoms with Crippen molar-refractivity contribution >= 4 is 5.57 Å². The Bertz CT molecular complexity index is 535. The monoisotopic (exact) mass is 286 g/mol. The molecule has 1 aromatic rings. The largest absolute Gasteiger partial charge is 0.206 e. The molecule has 0 aromatic heterocycles. The average Bonchev–Trinajstić information content (AvgIpc) is 2.49. The Morgan fingerprint density at radius 3 is 2.38 bits per heavy atom. The van der Waals surface area contributed by atoms with Crippen LogP contribution >= 0.6 is 0 Å². The normalized spacial score (nSPS) is 24.4. The van der Waals surface area contributed by atoms with Crippen molar-refractivity contribution in [2.24, 2.45) is 11.8 Å². The van der Waals surface area contributed by atoms with Gasteiger partial charge in [-0.05, 0) is 62.1 Å². The minimum Gasteiger partial charge on any atom is -0.206 e. The highest BCUT2D eigenvalue weighted by Crippen LogP contribution is 2.43. The van der Waals surface area contributed by atoms with Gasteiger partial charge in [0.1, 0.15) is 5.82 Å². The quantitative estimate of drug-likeness (QED) is 0.599. The standard InChI is InChI=1S/C20H27F/c1-14-8-10-19(20(21)12-14)18-11-9-17(13-15(18)2)16-6-4-3-5-7-16/h8,10,12,16-17H,3-7,9,11,13H2,1-2H3. The fourth-order valence-electron chi connectivity index (χ4n) is 4.40. The van der Waals surface area contributed by atoms with Crippen molar-refractivity contribution in [3.63, 3.8) is 0 Å². The summed E-state index contributed by atoms with van der Waals surface area (Å²) in [5.74, 6) is 1.74. The summed E-state index contributed by atoms with van der Waals surface area (Å²) in [5.41, 5.74) is 4.56. The number of hydrogen-bond acceptors (Lipinski definition) is 0. The van der Waals surface area contributed by atoms with Crippen LogP contribution in [-0.4, -0.2) is 0 Å². The Hall–Kier alpha value is -1.11. The van der Waals surface area contributed by atoms with Crippen molar-refractivity contribution in [3.05, 3.63) is 40.7 Å². The van der Waals surface area contributed by atoms with Gasteiger partial charge in [0.2, 0.25) is 0 Å². The van der Waals surface area contributed by atoms with E-state index in [-0.39, 0.29) is 5.82 Å². The number of allylic oxidation sites excluding steroid dienone is 2. The van der Waals surface area contributed by atoms with Gasteiger partial charge in [0.05, 0.1) is 0 Å². The molecule has 1 unspecified atom stereocenters. The zero-order valence-corrected chi connectivity index (χ0v) is 13.4. The van der Waals surface area contributed by atoms with E-state index < -0.39 is 0 Å². The molecule has 1 fully saturated rings. The number of benzene rings is 1. The predicted octanol–water partition coefficient (Wildman–Crippen LogP) is 6.29. The molecule has 1 heteroatoms. The first-order valence-corrected chi connectivity index (χ1v) is 8.60. The number of hydrogen-bond donors (Lipinski definition) is 0. The fourth-order valence-corrected chi connectivity index (χ4v) is 4.40. The highest BCUT2D eigenvalue weighted by Gasteiger charge is 2.28. The van der Waals surface area contributed by atoms with Crippen LogP contribution in [0.3, 0.4) is 0 Å². The molecule has 0 heterocycles. The minimum atomic E-state index is -0.0412. The summed E-state index contributed by atoms with van der Waals surface area (Å²) < 4.78 is 14.2. The summed E-state index contributed by atoms with van der Waals surface area (Å²) in [6.07, 6.45) is 10.6. The van der Waals surface area contributed by atoms with E-state index in [2.05, 4.69) is 6.92 Å². The SMILES string of the molecule is CC1=C(c2ccc(C)cc2F)CCC(C2CCCCC2)C1. The zero-order chi connectivity index (χ0) is 14.8. The van der Waals surface area contributed by atoms with Gasteiger partial charge in [-0.2, -0.15) is 0 Å². The van der Waals surface area contributed by atoms with Gasteiger partial charge >= 0.3 is 0 Å².